The average molecular weight is 299 g/mol. The summed E-state index contributed by atoms with van der Waals surface area (Å²) in [5.74, 6) is 0.847. The number of hydrogen-bond donors (Lipinski definition) is 1. The van der Waals surface area contributed by atoms with Gasteiger partial charge in [-0.15, -0.1) is 0 Å². The van der Waals surface area contributed by atoms with E-state index >= 15 is 0 Å². The first-order valence-electron chi connectivity index (χ1n) is 7.58. The maximum atomic E-state index is 11.8. The standard InChI is InChI=1S/C18H21NO3/c1-4-22-17(20)19-18(2)10-13-7-5-6-12-8-15(21-3)9-14(11-18)16(12)13/h5-9H,4,10-11H2,1-3H3,(H,19,20). The van der Waals surface area contributed by atoms with Crippen LogP contribution in [0.5, 0.6) is 5.75 Å². The van der Waals surface area contributed by atoms with E-state index in [9.17, 15) is 4.79 Å². The van der Waals surface area contributed by atoms with E-state index in [4.69, 9.17) is 9.47 Å². The zero-order valence-corrected chi connectivity index (χ0v) is 13.2. The van der Waals surface area contributed by atoms with Crippen LogP contribution in [0.15, 0.2) is 30.3 Å². The van der Waals surface area contributed by atoms with Gasteiger partial charge in [0.05, 0.1) is 13.7 Å². The van der Waals surface area contributed by atoms with Crippen molar-refractivity contribution in [2.45, 2.75) is 32.2 Å². The first kappa shape index (κ1) is 14.7. The van der Waals surface area contributed by atoms with Gasteiger partial charge >= 0.3 is 6.09 Å². The van der Waals surface area contributed by atoms with Gasteiger partial charge in [-0.2, -0.15) is 0 Å². The number of alkyl carbamates (subject to hydrolysis) is 1. The molecule has 4 nitrogen and oxygen atoms in total. The molecule has 3 rings (SSSR count). The van der Waals surface area contributed by atoms with Crippen LogP contribution in [0.25, 0.3) is 10.8 Å². The molecule has 22 heavy (non-hydrogen) atoms. The van der Waals surface area contributed by atoms with Gasteiger partial charge in [-0.3, -0.25) is 0 Å². The fourth-order valence-electron chi connectivity index (χ4n) is 3.38. The highest BCUT2D eigenvalue weighted by atomic mass is 16.5. The van der Waals surface area contributed by atoms with Gasteiger partial charge in [0.15, 0.2) is 0 Å². The third-order valence-corrected chi connectivity index (χ3v) is 4.19. The van der Waals surface area contributed by atoms with Gasteiger partial charge in [0, 0.05) is 5.54 Å². The van der Waals surface area contributed by atoms with Gasteiger partial charge in [0.1, 0.15) is 5.75 Å². The summed E-state index contributed by atoms with van der Waals surface area (Å²) in [5, 5.41) is 5.48. The van der Waals surface area contributed by atoms with Gasteiger partial charge in [0.2, 0.25) is 0 Å². The Morgan fingerprint density at radius 3 is 2.77 bits per heavy atom. The number of carbonyl (C=O) groups excluding carboxylic acids is 1. The van der Waals surface area contributed by atoms with Crippen molar-refractivity contribution in [1.29, 1.82) is 0 Å². The second-order valence-electron chi connectivity index (χ2n) is 6.06. The SMILES string of the molecule is CCOC(=O)NC1(C)Cc2cccc3cc(OC)cc(c23)C1. The number of ether oxygens (including phenoxy) is 2. The molecule has 1 amide bonds. The van der Waals surface area contributed by atoms with Crippen LogP contribution in [0.1, 0.15) is 25.0 Å². The maximum absolute atomic E-state index is 11.8. The van der Waals surface area contributed by atoms with Crippen LogP contribution in [-0.4, -0.2) is 25.3 Å². The molecule has 2 aromatic carbocycles. The lowest BCUT2D eigenvalue weighted by atomic mass is 9.77. The number of hydrogen-bond acceptors (Lipinski definition) is 3. The van der Waals surface area contributed by atoms with E-state index in [0.29, 0.717) is 6.61 Å². The minimum atomic E-state index is -0.358. The lowest BCUT2D eigenvalue weighted by molar-refractivity contribution is 0.139. The molecule has 1 aliphatic rings. The molecule has 2 aromatic rings. The fraction of sp³-hybridized carbons (Fsp3) is 0.389. The largest absolute Gasteiger partial charge is 0.497 e. The zero-order valence-electron chi connectivity index (χ0n) is 13.2. The molecule has 1 aliphatic carbocycles. The fourth-order valence-corrected chi connectivity index (χ4v) is 3.38. The normalized spacial score (nSPS) is 19.8. The zero-order chi connectivity index (χ0) is 15.7. The van der Waals surface area contributed by atoms with Crippen LogP contribution in [0.2, 0.25) is 0 Å². The molecule has 0 heterocycles. The number of rotatable bonds is 3. The number of carbonyl (C=O) groups is 1. The molecule has 1 N–H and O–H groups in total. The molecule has 116 valence electrons. The van der Waals surface area contributed by atoms with Gasteiger partial charge in [-0.05, 0) is 60.7 Å². The van der Waals surface area contributed by atoms with Crippen molar-refractivity contribution in [3.63, 3.8) is 0 Å². The van der Waals surface area contributed by atoms with Crippen LogP contribution in [0.4, 0.5) is 4.79 Å². The van der Waals surface area contributed by atoms with Crippen molar-refractivity contribution in [3.8, 4) is 5.75 Å². The molecule has 0 saturated carbocycles. The molecule has 0 bridgehead atoms. The van der Waals surface area contributed by atoms with Crippen LogP contribution >= 0.6 is 0 Å². The summed E-state index contributed by atoms with van der Waals surface area (Å²) in [6.07, 6.45) is 1.20. The predicted molar refractivity (Wildman–Crippen MR) is 86.5 cm³/mol. The number of methoxy groups -OCH3 is 1. The average Bonchev–Trinajstić information content (AvgIpc) is 2.46. The smallest absolute Gasteiger partial charge is 0.407 e. The molecule has 0 aromatic heterocycles. The van der Waals surface area contributed by atoms with Gasteiger partial charge in [-0.25, -0.2) is 4.79 Å². The Kier molecular flexibility index (Phi) is 3.69. The molecular weight excluding hydrogens is 278 g/mol. The Labute approximate surface area is 130 Å². The number of benzene rings is 2. The van der Waals surface area contributed by atoms with Crippen molar-refractivity contribution in [3.05, 3.63) is 41.5 Å². The molecule has 0 fully saturated rings. The number of amides is 1. The minimum absolute atomic E-state index is 0.347. The van der Waals surface area contributed by atoms with Gasteiger partial charge in [-0.1, -0.05) is 18.2 Å². The van der Waals surface area contributed by atoms with Crippen LogP contribution in [-0.2, 0) is 17.6 Å². The van der Waals surface area contributed by atoms with Crippen LogP contribution < -0.4 is 10.1 Å². The van der Waals surface area contributed by atoms with E-state index in [1.807, 2.05) is 6.92 Å². The molecule has 0 saturated heterocycles. The summed E-state index contributed by atoms with van der Waals surface area (Å²) in [7, 11) is 1.68. The third-order valence-electron chi connectivity index (χ3n) is 4.19. The van der Waals surface area contributed by atoms with E-state index in [1.165, 1.54) is 21.9 Å². The molecule has 1 unspecified atom stereocenters. The van der Waals surface area contributed by atoms with Gasteiger partial charge < -0.3 is 14.8 Å². The molecule has 0 radical (unpaired) electrons. The first-order valence-corrected chi connectivity index (χ1v) is 7.58. The monoisotopic (exact) mass is 299 g/mol. The highest BCUT2D eigenvalue weighted by molar-refractivity contribution is 5.91. The Bertz CT molecular complexity index is 726. The summed E-state index contributed by atoms with van der Waals surface area (Å²) < 4.78 is 10.4. The van der Waals surface area contributed by atoms with Crippen LogP contribution in [0, 0.1) is 0 Å². The molecule has 0 spiro atoms. The molecule has 4 heteroatoms. The van der Waals surface area contributed by atoms with Crippen molar-refractivity contribution in [2.75, 3.05) is 13.7 Å². The second kappa shape index (κ2) is 5.52. The predicted octanol–water partition coefficient (Wildman–Crippen LogP) is 3.45. The molecule has 1 atom stereocenters. The van der Waals surface area contributed by atoms with Crippen molar-refractivity contribution >= 4 is 16.9 Å². The lowest BCUT2D eigenvalue weighted by Gasteiger charge is -2.35. The van der Waals surface area contributed by atoms with E-state index < -0.39 is 0 Å². The second-order valence-corrected chi connectivity index (χ2v) is 6.06. The lowest BCUT2D eigenvalue weighted by Crippen LogP contribution is -2.50. The van der Waals surface area contributed by atoms with Gasteiger partial charge in [0.25, 0.3) is 0 Å². The highest BCUT2D eigenvalue weighted by Gasteiger charge is 2.33. The Hall–Kier alpha value is -2.23. The van der Waals surface area contributed by atoms with Crippen molar-refractivity contribution in [1.82, 2.24) is 5.32 Å². The summed E-state index contributed by atoms with van der Waals surface area (Å²) >= 11 is 0. The van der Waals surface area contributed by atoms with Crippen LogP contribution in [0.3, 0.4) is 0 Å². The summed E-state index contributed by atoms with van der Waals surface area (Å²) in [5.41, 5.74) is 2.11. The Morgan fingerprint density at radius 1 is 1.27 bits per heavy atom. The maximum Gasteiger partial charge on any atom is 0.407 e. The summed E-state index contributed by atoms with van der Waals surface area (Å²) in [6, 6.07) is 10.4. The highest BCUT2D eigenvalue weighted by Crippen LogP contribution is 2.36. The summed E-state index contributed by atoms with van der Waals surface area (Å²) in [4.78, 5) is 11.8. The van der Waals surface area contributed by atoms with Crippen molar-refractivity contribution in [2.24, 2.45) is 0 Å². The van der Waals surface area contributed by atoms with E-state index in [2.05, 4.69) is 42.6 Å². The van der Waals surface area contributed by atoms with E-state index in [1.54, 1.807) is 7.11 Å². The topological polar surface area (TPSA) is 47.6 Å². The van der Waals surface area contributed by atoms with Crippen molar-refractivity contribution < 1.29 is 14.3 Å². The summed E-state index contributed by atoms with van der Waals surface area (Å²) in [6.45, 7) is 4.25. The first-order chi connectivity index (χ1) is 10.5. The quantitative estimate of drug-likeness (QED) is 0.944. The Morgan fingerprint density at radius 2 is 2.05 bits per heavy atom. The minimum Gasteiger partial charge on any atom is -0.497 e. The third kappa shape index (κ3) is 2.61. The molecule has 0 aliphatic heterocycles. The molecular formula is C18H21NO3. The number of nitrogens with one attached hydrogen (secondary N) is 1. The van der Waals surface area contributed by atoms with E-state index in [-0.39, 0.29) is 11.6 Å². The Balaban J connectivity index is 2.01. The van der Waals surface area contributed by atoms with E-state index in [0.717, 1.165) is 18.6 Å².